The first kappa shape index (κ1) is 23.3. The van der Waals surface area contributed by atoms with Gasteiger partial charge in [-0.05, 0) is 61.2 Å². The Morgan fingerprint density at radius 3 is 2.77 bits per heavy atom. The number of ether oxygens (including phenoxy) is 1. The Kier molecular flexibility index (Phi) is 8.39. The Labute approximate surface area is 187 Å². The van der Waals surface area contributed by atoms with E-state index in [9.17, 15) is 8.42 Å². The molecule has 0 spiro atoms. The summed E-state index contributed by atoms with van der Waals surface area (Å²) in [5, 5.41) is 9.44. The Bertz CT molecular complexity index is 956. The second kappa shape index (κ2) is 10.8. The number of benzene rings is 2. The van der Waals surface area contributed by atoms with Crippen LogP contribution in [0.4, 0.5) is 0 Å². The molecule has 2 aromatic carbocycles. The first-order valence-corrected chi connectivity index (χ1v) is 12.1. The lowest BCUT2D eigenvalue weighted by molar-refractivity contribution is 0.168. The maximum atomic E-state index is 12.6. The summed E-state index contributed by atoms with van der Waals surface area (Å²) in [4.78, 5) is 2.44. The van der Waals surface area contributed by atoms with Gasteiger partial charge in [0.05, 0.1) is 21.5 Å². The molecule has 2 N–H and O–H groups in total. The largest absolute Gasteiger partial charge is 0.491 e. The van der Waals surface area contributed by atoms with Crippen LogP contribution in [0.15, 0.2) is 47.4 Å². The van der Waals surface area contributed by atoms with E-state index in [1.165, 1.54) is 18.2 Å². The highest BCUT2D eigenvalue weighted by molar-refractivity contribution is 7.89. The van der Waals surface area contributed by atoms with E-state index in [4.69, 9.17) is 33.0 Å². The van der Waals surface area contributed by atoms with Gasteiger partial charge in [-0.2, -0.15) is 0 Å². The molecular weight excluding hydrogens is 447 g/mol. The number of aliphatic hydroxyl groups excluding tert-OH is 1. The molecule has 0 saturated carbocycles. The number of halogens is 2. The van der Waals surface area contributed by atoms with Gasteiger partial charge in [-0.3, -0.25) is 4.90 Å². The fourth-order valence-corrected chi connectivity index (χ4v) is 5.08. The Balaban J connectivity index is 1.55. The number of rotatable bonds is 9. The average molecular weight is 473 g/mol. The Hall–Kier alpha value is -1.35. The number of aliphatic hydroxyl groups is 1. The minimum Gasteiger partial charge on any atom is -0.491 e. The highest BCUT2D eigenvalue weighted by Gasteiger charge is 2.23. The molecule has 1 heterocycles. The van der Waals surface area contributed by atoms with Gasteiger partial charge in [0.1, 0.15) is 12.4 Å². The highest BCUT2D eigenvalue weighted by Crippen LogP contribution is 2.25. The zero-order valence-corrected chi connectivity index (χ0v) is 18.9. The molecule has 1 aliphatic heterocycles. The quantitative estimate of drug-likeness (QED) is 0.583. The minimum atomic E-state index is -3.64. The molecule has 2 aromatic rings. The van der Waals surface area contributed by atoms with Crippen molar-refractivity contribution in [1.29, 1.82) is 0 Å². The first-order chi connectivity index (χ1) is 14.4. The highest BCUT2D eigenvalue weighted by atomic mass is 35.5. The number of nitrogens with zero attached hydrogens (tertiary/aromatic N) is 1. The standard InChI is InChI=1S/C21H26Cl2N2O4S/c22-20-7-6-19(12-21(20)23)30(27,28)24-13-17-4-2-8-25(15-17)14-16-3-1-5-18(11-16)29-10-9-26/h1,3,5-7,11-12,17,24,26H,2,4,8-10,13-15H2/t17-/m0/s1. The molecule has 1 fully saturated rings. The van der Waals surface area contributed by atoms with E-state index in [0.29, 0.717) is 11.6 Å². The zero-order valence-electron chi connectivity index (χ0n) is 16.6. The fourth-order valence-electron chi connectivity index (χ4n) is 3.57. The zero-order chi connectivity index (χ0) is 21.6. The third-order valence-corrected chi connectivity index (χ3v) is 7.19. The summed E-state index contributed by atoms with van der Waals surface area (Å²) < 4.78 is 33.3. The second-order valence-electron chi connectivity index (χ2n) is 7.39. The van der Waals surface area contributed by atoms with Crippen LogP contribution in [0.5, 0.6) is 5.75 Å². The number of piperidine rings is 1. The van der Waals surface area contributed by atoms with Gasteiger partial charge in [0.2, 0.25) is 10.0 Å². The van der Waals surface area contributed by atoms with Crippen molar-refractivity contribution in [3.05, 3.63) is 58.1 Å². The smallest absolute Gasteiger partial charge is 0.240 e. The van der Waals surface area contributed by atoms with Crippen molar-refractivity contribution in [2.45, 2.75) is 24.3 Å². The van der Waals surface area contributed by atoms with Crippen LogP contribution >= 0.6 is 23.2 Å². The second-order valence-corrected chi connectivity index (χ2v) is 9.97. The maximum absolute atomic E-state index is 12.6. The SMILES string of the molecule is O=S(=O)(NC[C@@H]1CCCN(Cc2cccc(OCCO)c2)C1)c1ccc(Cl)c(Cl)c1. The van der Waals surface area contributed by atoms with Crippen LogP contribution in [-0.2, 0) is 16.6 Å². The van der Waals surface area contributed by atoms with Crippen molar-refractivity contribution in [2.24, 2.45) is 5.92 Å². The Morgan fingerprint density at radius 2 is 2.00 bits per heavy atom. The molecule has 0 aliphatic carbocycles. The van der Waals surface area contributed by atoms with Crippen LogP contribution in [-0.4, -0.2) is 51.3 Å². The normalized spacial score (nSPS) is 17.8. The van der Waals surface area contributed by atoms with Gasteiger partial charge in [0.25, 0.3) is 0 Å². The van der Waals surface area contributed by atoms with Gasteiger partial charge in [-0.25, -0.2) is 13.1 Å². The van der Waals surface area contributed by atoms with E-state index in [1.54, 1.807) is 0 Å². The molecule has 0 aromatic heterocycles. The maximum Gasteiger partial charge on any atom is 0.240 e. The van der Waals surface area contributed by atoms with Gasteiger partial charge in [-0.1, -0.05) is 35.3 Å². The molecule has 1 aliphatic rings. The predicted octanol–water partition coefficient (Wildman–Crippen LogP) is 3.56. The van der Waals surface area contributed by atoms with Gasteiger partial charge < -0.3 is 9.84 Å². The average Bonchev–Trinajstić information content (AvgIpc) is 2.73. The van der Waals surface area contributed by atoms with Gasteiger partial charge in [0, 0.05) is 19.6 Å². The molecule has 0 unspecified atom stereocenters. The van der Waals surface area contributed by atoms with Crippen molar-refractivity contribution in [1.82, 2.24) is 9.62 Å². The number of sulfonamides is 1. The van der Waals surface area contributed by atoms with E-state index in [2.05, 4.69) is 9.62 Å². The molecule has 1 atom stereocenters. The van der Waals surface area contributed by atoms with E-state index >= 15 is 0 Å². The summed E-state index contributed by atoms with van der Waals surface area (Å²) in [6.07, 6.45) is 1.99. The van der Waals surface area contributed by atoms with Crippen LogP contribution in [0.25, 0.3) is 0 Å². The Morgan fingerprint density at radius 1 is 1.17 bits per heavy atom. The van der Waals surface area contributed by atoms with Crippen molar-refractivity contribution in [3.63, 3.8) is 0 Å². The van der Waals surface area contributed by atoms with Gasteiger partial charge in [0.15, 0.2) is 0 Å². The number of likely N-dealkylation sites (tertiary alicyclic amines) is 1. The summed E-state index contributed by atoms with van der Waals surface area (Å²) in [6.45, 7) is 3.18. The molecule has 30 heavy (non-hydrogen) atoms. The van der Waals surface area contributed by atoms with Crippen LogP contribution in [0, 0.1) is 5.92 Å². The van der Waals surface area contributed by atoms with E-state index in [0.717, 1.165) is 43.8 Å². The third kappa shape index (κ3) is 6.57. The van der Waals surface area contributed by atoms with Crippen molar-refractivity contribution < 1.29 is 18.3 Å². The third-order valence-electron chi connectivity index (χ3n) is 5.03. The molecule has 0 amide bonds. The van der Waals surface area contributed by atoms with E-state index < -0.39 is 10.0 Å². The van der Waals surface area contributed by atoms with Crippen molar-refractivity contribution in [2.75, 3.05) is 32.8 Å². The van der Waals surface area contributed by atoms with Crippen LogP contribution in [0.2, 0.25) is 10.0 Å². The van der Waals surface area contributed by atoms with Crippen LogP contribution < -0.4 is 9.46 Å². The van der Waals surface area contributed by atoms with Crippen molar-refractivity contribution in [3.8, 4) is 5.75 Å². The number of nitrogens with one attached hydrogen (secondary N) is 1. The van der Waals surface area contributed by atoms with E-state index in [1.807, 2.05) is 24.3 Å². The number of hydrogen-bond acceptors (Lipinski definition) is 5. The lowest BCUT2D eigenvalue weighted by Crippen LogP contribution is -2.40. The number of hydrogen-bond donors (Lipinski definition) is 2. The van der Waals surface area contributed by atoms with Crippen molar-refractivity contribution >= 4 is 33.2 Å². The lowest BCUT2D eigenvalue weighted by atomic mass is 9.98. The summed E-state index contributed by atoms with van der Waals surface area (Å²) in [7, 11) is -3.64. The summed E-state index contributed by atoms with van der Waals surface area (Å²) in [5.41, 5.74) is 1.13. The van der Waals surface area contributed by atoms with Crippen LogP contribution in [0.3, 0.4) is 0 Å². The molecular formula is C21H26Cl2N2O4S. The fraction of sp³-hybridized carbons (Fsp3) is 0.429. The molecule has 164 valence electrons. The topological polar surface area (TPSA) is 78.9 Å². The molecule has 9 heteroatoms. The first-order valence-electron chi connectivity index (χ1n) is 9.87. The van der Waals surface area contributed by atoms with Gasteiger partial charge in [-0.15, -0.1) is 0 Å². The molecule has 3 rings (SSSR count). The summed E-state index contributed by atoms with van der Waals surface area (Å²) in [5.74, 6) is 0.967. The molecule has 1 saturated heterocycles. The monoisotopic (exact) mass is 472 g/mol. The summed E-state index contributed by atoms with van der Waals surface area (Å²) >= 11 is 11.8. The summed E-state index contributed by atoms with van der Waals surface area (Å²) in [6, 6.07) is 12.1. The van der Waals surface area contributed by atoms with Crippen LogP contribution in [0.1, 0.15) is 18.4 Å². The molecule has 0 radical (unpaired) electrons. The lowest BCUT2D eigenvalue weighted by Gasteiger charge is -2.32. The molecule has 6 nitrogen and oxygen atoms in total. The van der Waals surface area contributed by atoms with Gasteiger partial charge >= 0.3 is 0 Å². The van der Waals surface area contributed by atoms with E-state index in [-0.39, 0.29) is 29.0 Å². The molecule has 0 bridgehead atoms. The predicted molar refractivity (Wildman–Crippen MR) is 119 cm³/mol. The minimum absolute atomic E-state index is 0.0177.